The van der Waals surface area contributed by atoms with Crippen LogP contribution < -0.4 is 10.6 Å². The van der Waals surface area contributed by atoms with Crippen LogP contribution in [0.5, 0.6) is 0 Å². The van der Waals surface area contributed by atoms with Crippen LogP contribution in [0.1, 0.15) is 41.4 Å². The van der Waals surface area contributed by atoms with Crippen molar-refractivity contribution in [3.05, 3.63) is 83.4 Å². The fraction of sp³-hybridized carbons (Fsp3) is 0.217. The van der Waals surface area contributed by atoms with E-state index in [1.165, 1.54) is 5.39 Å². The molecule has 2 N–H and O–H groups in total. The Balaban J connectivity index is 1.63. The normalized spacial score (nSPS) is 13.0. The van der Waals surface area contributed by atoms with Crippen LogP contribution in [-0.2, 0) is 4.79 Å². The van der Waals surface area contributed by atoms with Crippen LogP contribution in [0.2, 0.25) is 0 Å². The van der Waals surface area contributed by atoms with Crippen molar-refractivity contribution in [3.63, 3.8) is 0 Å². The lowest BCUT2D eigenvalue weighted by Crippen LogP contribution is -2.45. The molecule has 0 heterocycles. The van der Waals surface area contributed by atoms with E-state index in [0.717, 1.165) is 16.5 Å². The molecule has 27 heavy (non-hydrogen) atoms. The summed E-state index contributed by atoms with van der Waals surface area (Å²) in [5.74, 6) is -0.462. The van der Waals surface area contributed by atoms with Gasteiger partial charge in [0.2, 0.25) is 5.91 Å². The van der Waals surface area contributed by atoms with Crippen LogP contribution in [0.4, 0.5) is 0 Å². The Bertz CT molecular complexity index is 981. The van der Waals surface area contributed by atoms with Gasteiger partial charge in [-0.15, -0.1) is 0 Å². The van der Waals surface area contributed by atoms with Gasteiger partial charge in [-0.2, -0.15) is 0 Å². The molecule has 0 aliphatic carbocycles. The van der Waals surface area contributed by atoms with Gasteiger partial charge in [-0.1, -0.05) is 54.1 Å². The highest BCUT2D eigenvalue weighted by molar-refractivity contribution is 5.97. The summed E-state index contributed by atoms with van der Waals surface area (Å²) in [6.07, 6.45) is 0. The van der Waals surface area contributed by atoms with Gasteiger partial charge in [0, 0.05) is 5.56 Å². The summed E-state index contributed by atoms with van der Waals surface area (Å²) in [7, 11) is 0. The fourth-order valence-corrected chi connectivity index (χ4v) is 3.03. The third kappa shape index (κ3) is 4.53. The van der Waals surface area contributed by atoms with Crippen LogP contribution in [-0.4, -0.2) is 17.9 Å². The summed E-state index contributed by atoms with van der Waals surface area (Å²) in [5.41, 5.74) is 2.58. The summed E-state index contributed by atoms with van der Waals surface area (Å²) in [5, 5.41) is 8.04. The summed E-state index contributed by atoms with van der Waals surface area (Å²) in [6.45, 7) is 5.56. The Labute approximate surface area is 159 Å². The average molecular weight is 360 g/mol. The number of aryl methyl sites for hydroxylation is 1. The maximum Gasteiger partial charge on any atom is 0.251 e. The van der Waals surface area contributed by atoms with Crippen LogP contribution in [0.25, 0.3) is 10.8 Å². The maximum atomic E-state index is 12.5. The molecule has 0 fully saturated rings. The zero-order valence-corrected chi connectivity index (χ0v) is 15.8. The Morgan fingerprint density at radius 3 is 2.30 bits per heavy atom. The van der Waals surface area contributed by atoms with Crippen molar-refractivity contribution in [1.29, 1.82) is 0 Å². The Kier molecular flexibility index (Phi) is 5.55. The van der Waals surface area contributed by atoms with Gasteiger partial charge < -0.3 is 10.6 Å². The smallest absolute Gasteiger partial charge is 0.251 e. The predicted octanol–water partition coefficient (Wildman–Crippen LogP) is 4.14. The van der Waals surface area contributed by atoms with Gasteiger partial charge in [0.25, 0.3) is 5.91 Å². The molecule has 0 spiro atoms. The quantitative estimate of drug-likeness (QED) is 0.718. The van der Waals surface area contributed by atoms with Crippen LogP contribution in [0.3, 0.4) is 0 Å². The van der Waals surface area contributed by atoms with E-state index in [9.17, 15) is 9.59 Å². The number of amides is 2. The monoisotopic (exact) mass is 360 g/mol. The van der Waals surface area contributed by atoms with Gasteiger partial charge in [0.05, 0.1) is 6.04 Å². The van der Waals surface area contributed by atoms with Crippen molar-refractivity contribution in [1.82, 2.24) is 10.6 Å². The van der Waals surface area contributed by atoms with E-state index in [4.69, 9.17) is 0 Å². The van der Waals surface area contributed by atoms with Crippen molar-refractivity contribution in [2.75, 3.05) is 0 Å². The molecule has 0 saturated heterocycles. The third-order valence-corrected chi connectivity index (χ3v) is 4.65. The lowest BCUT2D eigenvalue weighted by atomic mass is 10.0. The summed E-state index contributed by atoms with van der Waals surface area (Å²) in [6, 6.07) is 20.8. The van der Waals surface area contributed by atoms with Crippen LogP contribution >= 0.6 is 0 Å². The van der Waals surface area contributed by atoms with E-state index >= 15 is 0 Å². The zero-order valence-electron chi connectivity index (χ0n) is 15.8. The molecule has 3 aromatic rings. The molecule has 2 unspecified atom stereocenters. The lowest BCUT2D eigenvalue weighted by molar-refractivity contribution is -0.123. The molecule has 2 amide bonds. The minimum atomic E-state index is -0.624. The van der Waals surface area contributed by atoms with Crippen LogP contribution in [0.15, 0.2) is 66.7 Å². The highest BCUT2D eigenvalue weighted by atomic mass is 16.2. The standard InChI is InChI=1S/C23H24N2O2/c1-15-7-6-10-21(13-15)23(27)25-17(3)22(26)24-16(2)19-12-11-18-8-4-5-9-20(18)14-19/h4-14,16-17H,1-3H3,(H,24,26)(H,25,27). The number of rotatable bonds is 5. The Morgan fingerprint density at radius 2 is 1.56 bits per heavy atom. The van der Waals surface area contributed by atoms with Crippen molar-refractivity contribution in [2.24, 2.45) is 0 Å². The molecule has 0 radical (unpaired) electrons. The number of hydrogen-bond donors (Lipinski definition) is 2. The van der Waals surface area contributed by atoms with Gasteiger partial charge in [0.15, 0.2) is 0 Å². The zero-order chi connectivity index (χ0) is 19.4. The molecular formula is C23H24N2O2. The van der Waals surface area contributed by atoms with Crippen molar-refractivity contribution in [2.45, 2.75) is 32.9 Å². The molecule has 0 saturated carbocycles. The van der Waals surface area contributed by atoms with Crippen molar-refractivity contribution in [3.8, 4) is 0 Å². The molecule has 0 aliphatic rings. The van der Waals surface area contributed by atoms with Crippen LogP contribution in [0, 0.1) is 6.92 Å². The highest BCUT2D eigenvalue weighted by Crippen LogP contribution is 2.20. The highest BCUT2D eigenvalue weighted by Gasteiger charge is 2.19. The van der Waals surface area contributed by atoms with Crippen molar-refractivity contribution < 1.29 is 9.59 Å². The van der Waals surface area contributed by atoms with Gasteiger partial charge in [0.1, 0.15) is 6.04 Å². The largest absolute Gasteiger partial charge is 0.348 e. The minimum absolute atomic E-state index is 0.152. The molecule has 138 valence electrons. The number of hydrogen-bond acceptors (Lipinski definition) is 2. The van der Waals surface area contributed by atoms with Gasteiger partial charge in [-0.3, -0.25) is 9.59 Å². The molecule has 0 aliphatic heterocycles. The Morgan fingerprint density at radius 1 is 0.815 bits per heavy atom. The first-order valence-corrected chi connectivity index (χ1v) is 9.10. The van der Waals surface area contributed by atoms with Gasteiger partial charge in [-0.05, 0) is 55.3 Å². The van der Waals surface area contributed by atoms with E-state index < -0.39 is 6.04 Å². The van der Waals surface area contributed by atoms with Crippen molar-refractivity contribution >= 4 is 22.6 Å². The molecular weight excluding hydrogens is 336 g/mol. The van der Waals surface area contributed by atoms with Gasteiger partial charge >= 0.3 is 0 Å². The fourth-order valence-electron chi connectivity index (χ4n) is 3.03. The first-order chi connectivity index (χ1) is 12.9. The second kappa shape index (κ2) is 8.04. The Hall–Kier alpha value is -3.14. The van der Waals surface area contributed by atoms with E-state index in [1.807, 2.05) is 44.2 Å². The lowest BCUT2D eigenvalue weighted by Gasteiger charge is -2.19. The average Bonchev–Trinajstić information content (AvgIpc) is 2.67. The maximum absolute atomic E-state index is 12.5. The first kappa shape index (κ1) is 18.6. The number of carbonyl (C=O) groups is 2. The molecule has 3 aromatic carbocycles. The molecule has 4 heteroatoms. The second-order valence-corrected chi connectivity index (χ2v) is 6.90. The number of nitrogens with one attached hydrogen (secondary N) is 2. The number of fused-ring (bicyclic) bond motifs is 1. The molecule has 0 aromatic heterocycles. The molecule has 3 rings (SSSR count). The first-order valence-electron chi connectivity index (χ1n) is 9.10. The summed E-state index contributed by atoms with van der Waals surface area (Å²) < 4.78 is 0. The number of carbonyl (C=O) groups excluding carboxylic acids is 2. The summed E-state index contributed by atoms with van der Waals surface area (Å²) >= 11 is 0. The predicted molar refractivity (Wildman–Crippen MR) is 109 cm³/mol. The SMILES string of the molecule is Cc1cccc(C(=O)NC(C)C(=O)NC(C)c2ccc3ccccc3c2)c1. The summed E-state index contributed by atoms with van der Waals surface area (Å²) in [4.78, 5) is 24.8. The van der Waals surface area contributed by atoms with E-state index in [0.29, 0.717) is 5.56 Å². The third-order valence-electron chi connectivity index (χ3n) is 4.65. The van der Waals surface area contributed by atoms with E-state index in [1.54, 1.807) is 19.1 Å². The minimum Gasteiger partial charge on any atom is -0.348 e. The van der Waals surface area contributed by atoms with E-state index in [2.05, 4.69) is 34.9 Å². The van der Waals surface area contributed by atoms with E-state index in [-0.39, 0.29) is 17.9 Å². The second-order valence-electron chi connectivity index (χ2n) is 6.90. The molecule has 4 nitrogen and oxygen atoms in total. The topological polar surface area (TPSA) is 58.2 Å². The molecule has 0 bridgehead atoms. The molecule has 2 atom stereocenters. The number of benzene rings is 3. The van der Waals surface area contributed by atoms with Gasteiger partial charge in [-0.25, -0.2) is 0 Å².